The summed E-state index contributed by atoms with van der Waals surface area (Å²) in [4.78, 5) is 60.2. The summed E-state index contributed by atoms with van der Waals surface area (Å²) in [5.41, 5.74) is 0.596. The number of hydrogen-bond acceptors (Lipinski definition) is 9. The van der Waals surface area contributed by atoms with Crippen molar-refractivity contribution in [1.82, 2.24) is 25.2 Å². The van der Waals surface area contributed by atoms with Gasteiger partial charge in [-0.25, -0.2) is 4.79 Å². The van der Waals surface area contributed by atoms with Crippen LogP contribution in [0.2, 0.25) is 0 Å². The minimum Gasteiger partial charge on any atom is -0.394 e. The van der Waals surface area contributed by atoms with Crippen molar-refractivity contribution in [2.75, 3.05) is 19.7 Å². The van der Waals surface area contributed by atoms with E-state index in [0.717, 1.165) is 28.8 Å². The van der Waals surface area contributed by atoms with Gasteiger partial charge in [-0.15, -0.1) is 0 Å². The summed E-state index contributed by atoms with van der Waals surface area (Å²) < 4.78 is 6.65. The van der Waals surface area contributed by atoms with Crippen molar-refractivity contribution in [3.63, 3.8) is 0 Å². The zero-order valence-corrected chi connectivity index (χ0v) is 24.9. The molecule has 2 aliphatic heterocycles. The van der Waals surface area contributed by atoms with Crippen molar-refractivity contribution in [3.8, 4) is 0 Å². The van der Waals surface area contributed by atoms with Crippen LogP contribution in [-0.4, -0.2) is 74.2 Å². The second-order valence-electron chi connectivity index (χ2n) is 10.9. The molecule has 5 N–H and O–H groups in total. The van der Waals surface area contributed by atoms with Crippen molar-refractivity contribution >= 4 is 17.5 Å². The van der Waals surface area contributed by atoms with Gasteiger partial charge in [0.15, 0.2) is 0 Å². The van der Waals surface area contributed by atoms with E-state index < -0.39 is 36.3 Å². The van der Waals surface area contributed by atoms with E-state index in [4.69, 9.17) is 4.74 Å². The van der Waals surface area contributed by atoms with E-state index in [1.165, 1.54) is 6.20 Å². The van der Waals surface area contributed by atoms with E-state index in [1.807, 2.05) is 24.4 Å². The van der Waals surface area contributed by atoms with Crippen molar-refractivity contribution < 1.29 is 41.6 Å². The Morgan fingerprint density at radius 2 is 1.93 bits per heavy atom. The van der Waals surface area contributed by atoms with Crippen LogP contribution in [0, 0.1) is 5.41 Å². The third-order valence-electron chi connectivity index (χ3n) is 7.52. The summed E-state index contributed by atoms with van der Waals surface area (Å²) in [6, 6.07) is 5.75. The number of H-pyrrole nitrogens is 1. The number of rotatable bonds is 13. The molecule has 0 aliphatic carbocycles. The third kappa shape index (κ3) is 9.53. The van der Waals surface area contributed by atoms with Gasteiger partial charge in [-0.1, -0.05) is 19.1 Å². The van der Waals surface area contributed by atoms with Gasteiger partial charge < -0.3 is 25.6 Å². The van der Waals surface area contributed by atoms with Gasteiger partial charge in [-0.3, -0.25) is 33.9 Å². The maximum Gasteiger partial charge on any atom is 0.330 e. The fourth-order valence-corrected chi connectivity index (χ4v) is 5.11. The number of pyridine rings is 1. The minimum atomic E-state index is -0.938. The Labute approximate surface area is 259 Å². The molecule has 2 aromatic rings. The van der Waals surface area contributed by atoms with Gasteiger partial charge in [0.25, 0.3) is 5.56 Å². The third-order valence-corrected chi connectivity index (χ3v) is 7.52. The number of aliphatic hydroxyl groups excluding tert-OH is 2. The monoisotopic (exact) mass is 645 g/mol. The number of nitrogens with zero attached hydrogens (tertiary/aromatic N) is 3. The number of aliphatic hydroxyl groups is 2. The predicted molar refractivity (Wildman–Crippen MR) is 154 cm³/mol. The summed E-state index contributed by atoms with van der Waals surface area (Å²) >= 11 is 0. The average molecular weight is 646 g/mol. The molecular formula is C29H38CuN6O7. The number of nitrogens with one attached hydrogen (secondary N) is 3. The molecule has 1 fully saturated rings. The molecule has 2 aromatic heterocycles. The first-order chi connectivity index (χ1) is 20.2. The van der Waals surface area contributed by atoms with Crippen molar-refractivity contribution in [2.45, 2.75) is 70.3 Å². The number of carbonyl (C=O) groups is 2. The second-order valence-corrected chi connectivity index (χ2v) is 10.9. The first-order valence-electron chi connectivity index (χ1n) is 14.2. The van der Waals surface area contributed by atoms with E-state index in [2.05, 4.69) is 38.6 Å². The van der Waals surface area contributed by atoms with Crippen LogP contribution in [0.5, 0.6) is 0 Å². The van der Waals surface area contributed by atoms with E-state index >= 15 is 0 Å². The van der Waals surface area contributed by atoms with Crippen LogP contribution in [-0.2, 0) is 37.8 Å². The summed E-state index contributed by atoms with van der Waals surface area (Å²) in [5, 5.41) is 24.7. The molecule has 1 saturated heterocycles. The number of aryl methyl sites for hydroxylation is 1. The molecule has 1 radical (unpaired) electrons. The van der Waals surface area contributed by atoms with Crippen LogP contribution >= 0.6 is 0 Å². The Balaban J connectivity index is 0.00000506. The van der Waals surface area contributed by atoms with Gasteiger partial charge in [0, 0.05) is 80.0 Å². The molecule has 13 nitrogen and oxygen atoms in total. The largest absolute Gasteiger partial charge is 0.394 e. The molecule has 0 bridgehead atoms. The van der Waals surface area contributed by atoms with Crippen LogP contribution in [0.4, 0.5) is 0 Å². The van der Waals surface area contributed by atoms with Gasteiger partial charge in [-0.2, -0.15) is 0 Å². The number of aromatic nitrogens is 3. The number of amides is 2. The molecule has 2 amide bonds. The standard InChI is InChI=1S/C29H38N6O7.Cu/c1-29(10-12-31-21(16-29)20-5-2-3-11-30-20)9-4-6-24(38)32-13-14-33-25(39)8-7-19-17-35(28(41)34-27(19)40)26-15-22(37)23(18-36)42-26;/h2-3,5,10-12,17,22-23,26,36-37H,4,6-9,13-16,18H2,1H3,(H,32,38)(H,33,39)(H,34,40,41);/t22-,23+,26+,29?;/m0./s1. The second kappa shape index (κ2) is 15.9. The maximum atomic E-state index is 12.3. The molecule has 2 aliphatic rings. The van der Waals surface area contributed by atoms with Gasteiger partial charge in [0.2, 0.25) is 11.8 Å². The molecule has 1 unspecified atom stereocenters. The van der Waals surface area contributed by atoms with Crippen molar-refractivity contribution in [2.24, 2.45) is 10.4 Å². The van der Waals surface area contributed by atoms with E-state index in [1.54, 1.807) is 6.20 Å². The number of aromatic amines is 1. The Bertz CT molecular complexity index is 1430. The van der Waals surface area contributed by atoms with Gasteiger partial charge in [0.1, 0.15) is 12.3 Å². The molecule has 4 rings (SSSR count). The summed E-state index contributed by atoms with van der Waals surface area (Å²) in [6.45, 7) is 2.26. The van der Waals surface area contributed by atoms with Crippen LogP contribution in [0.3, 0.4) is 0 Å². The van der Waals surface area contributed by atoms with Crippen LogP contribution in [0.1, 0.15) is 62.9 Å². The molecule has 0 saturated carbocycles. The summed E-state index contributed by atoms with van der Waals surface area (Å²) in [6.07, 6.45) is 7.17. The van der Waals surface area contributed by atoms with Crippen molar-refractivity contribution in [3.05, 3.63) is 75.0 Å². The number of ether oxygens (including phenoxy) is 1. The quantitative estimate of drug-likeness (QED) is 0.152. The predicted octanol–water partition coefficient (Wildman–Crippen LogP) is 0.318. The molecular weight excluding hydrogens is 608 g/mol. The van der Waals surface area contributed by atoms with E-state index in [-0.39, 0.29) is 72.2 Å². The fraction of sp³-hybridized carbons (Fsp3) is 0.517. The molecule has 237 valence electrons. The zero-order chi connectivity index (χ0) is 30.1. The normalized spacial score (nSPS) is 22.9. The molecule has 43 heavy (non-hydrogen) atoms. The number of allylic oxidation sites excluding steroid dienone is 1. The Morgan fingerprint density at radius 3 is 2.60 bits per heavy atom. The van der Waals surface area contributed by atoms with E-state index in [0.29, 0.717) is 12.8 Å². The van der Waals surface area contributed by atoms with Gasteiger partial charge >= 0.3 is 5.69 Å². The number of aliphatic imine (C=N–C) groups is 1. The first kappa shape index (κ1) is 34.1. The first-order valence-corrected chi connectivity index (χ1v) is 14.2. The van der Waals surface area contributed by atoms with Crippen LogP contribution < -0.4 is 21.9 Å². The SMILES string of the molecule is CC1(CCCC(=O)NCCNC(=O)CCc2cn([C@H]3C[C@H](O)[C@@H](CO)O3)c(=O)[nH]c2=O)C=CN=C(c2ccccn2)C1.[Cu]. The Morgan fingerprint density at radius 1 is 1.19 bits per heavy atom. The summed E-state index contributed by atoms with van der Waals surface area (Å²) in [5.74, 6) is -0.403. The molecule has 0 spiro atoms. The zero-order valence-electron chi connectivity index (χ0n) is 23.9. The van der Waals surface area contributed by atoms with Crippen LogP contribution in [0.15, 0.2) is 57.5 Å². The summed E-state index contributed by atoms with van der Waals surface area (Å²) in [7, 11) is 0. The molecule has 4 heterocycles. The van der Waals surface area contributed by atoms with Crippen LogP contribution in [0.25, 0.3) is 0 Å². The topological polar surface area (TPSA) is 188 Å². The average Bonchev–Trinajstić information content (AvgIpc) is 3.35. The number of hydrogen-bond donors (Lipinski definition) is 5. The maximum absolute atomic E-state index is 12.3. The molecule has 0 aromatic carbocycles. The molecule has 14 heteroatoms. The smallest absolute Gasteiger partial charge is 0.330 e. The van der Waals surface area contributed by atoms with E-state index in [9.17, 15) is 29.4 Å². The Kier molecular flexibility index (Phi) is 12.6. The van der Waals surface area contributed by atoms with Gasteiger partial charge in [0.05, 0.1) is 24.1 Å². The minimum absolute atomic E-state index is 0. The van der Waals surface area contributed by atoms with Gasteiger partial charge in [-0.05, 0) is 36.8 Å². The Hall–Kier alpha value is -3.42. The molecule has 4 atom stereocenters. The fourth-order valence-electron chi connectivity index (χ4n) is 5.11. The van der Waals surface area contributed by atoms with Crippen molar-refractivity contribution in [1.29, 1.82) is 0 Å². The number of carbonyl (C=O) groups excluding carboxylic acids is 2.